The molecule has 0 aliphatic heterocycles. The van der Waals surface area contributed by atoms with Crippen LogP contribution in [0.2, 0.25) is 0 Å². The van der Waals surface area contributed by atoms with Gasteiger partial charge in [-0.15, -0.1) is 0 Å². The molecule has 3 rings (SSSR count). The van der Waals surface area contributed by atoms with E-state index in [0.29, 0.717) is 12.8 Å². The number of halogens is 2. The summed E-state index contributed by atoms with van der Waals surface area (Å²) < 4.78 is 33.0. The first-order valence-electron chi connectivity index (χ1n) is 9.59. The zero-order valence-electron chi connectivity index (χ0n) is 16.0. The lowest BCUT2D eigenvalue weighted by Crippen LogP contribution is -1.97. The number of aryl methyl sites for hydroxylation is 1. The van der Waals surface area contributed by atoms with Crippen molar-refractivity contribution < 1.29 is 18.6 Å². The molecule has 0 unspecified atom stereocenters. The van der Waals surface area contributed by atoms with Crippen molar-refractivity contribution in [3.05, 3.63) is 64.7 Å². The van der Waals surface area contributed by atoms with E-state index in [1.54, 1.807) is 18.2 Å². The standard InChI is InChI=1S/C24H24F2O2/c1-28-24-15-18-7-6-9-20(17-10-12-19(25)13-11-17)21(22(18)16-23(24)26)8-4-2-3-5-14-27/h10-13,15-16,27H,2-3,5-7,9,14H2,1H3. The van der Waals surface area contributed by atoms with Gasteiger partial charge < -0.3 is 9.84 Å². The second-order valence-electron chi connectivity index (χ2n) is 6.84. The molecule has 2 aromatic carbocycles. The molecular formula is C24H24F2O2. The van der Waals surface area contributed by atoms with Gasteiger partial charge in [-0.1, -0.05) is 24.0 Å². The summed E-state index contributed by atoms with van der Waals surface area (Å²) >= 11 is 0. The Hall–Kier alpha value is -2.64. The molecule has 0 radical (unpaired) electrons. The average molecular weight is 382 g/mol. The Balaban J connectivity index is 2.12. The van der Waals surface area contributed by atoms with Crippen molar-refractivity contribution in [3.63, 3.8) is 0 Å². The van der Waals surface area contributed by atoms with Gasteiger partial charge in [-0.05, 0) is 78.6 Å². The van der Waals surface area contributed by atoms with Crippen molar-refractivity contribution in [2.75, 3.05) is 13.7 Å². The molecule has 0 fully saturated rings. The van der Waals surface area contributed by atoms with Crippen LogP contribution >= 0.6 is 0 Å². The first-order chi connectivity index (χ1) is 13.6. The average Bonchev–Trinajstić information content (AvgIpc) is 2.87. The molecule has 4 heteroatoms. The summed E-state index contributed by atoms with van der Waals surface area (Å²) in [5, 5.41) is 8.93. The van der Waals surface area contributed by atoms with E-state index in [-0.39, 0.29) is 18.2 Å². The molecule has 1 aliphatic carbocycles. The molecule has 146 valence electrons. The minimum atomic E-state index is -0.416. The maximum Gasteiger partial charge on any atom is 0.165 e. The number of hydrogen-bond acceptors (Lipinski definition) is 2. The number of rotatable bonds is 5. The number of methoxy groups -OCH3 is 1. The third kappa shape index (κ3) is 4.61. The molecule has 0 saturated carbocycles. The quantitative estimate of drug-likeness (QED) is 0.555. The number of unbranched alkanes of at least 4 members (excludes halogenated alkanes) is 2. The molecule has 0 heterocycles. The highest BCUT2D eigenvalue weighted by molar-refractivity contribution is 5.99. The molecule has 1 aliphatic rings. The highest BCUT2D eigenvalue weighted by atomic mass is 19.1. The van der Waals surface area contributed by atoms with E-state index in [2.05, 4.69) is 11.8 Å². The van der Waals surface area contributed by atoms with E-state index in [4.69, 9.17) is 9.84 Å². The van der Waals surface area contributed by atoms with E-state index in [1.807, 2.05) is 0 Å². The van der Waals surface area contributed by atoms with Crippen LogP contribution in [0.3, 0.4) is 0 Å². The highest BCUT2D eigenvalue weighted by Gasteiger charge is 2.20. The minimum Gasteiger partial charge on any atom is -0.494 e. The topological polar surface area (TPSA) is 29.5 Å². The van der Waals surface area contributed by atoms with Gasteiger partial charge in [-0.2, -0.15) is 0 Å². The Labute approximate surface area is 164 Å². The Kier molecular flexibility index (Phi) is 6.84. The first kappa shape index (κ1) is 20.1. The molecule has 28 heavy (non-hydrogen) atoms. The fraction of sp³-hybridized carbons (Fsp3) is 0.333. The van der Waals surface area contributed by atoms with Crippen molar-refractivity contribution in [1.29, 1.82) is 0 Å². The van der Waals surface area contributed by atoms with Crippen molar-refractivity contribution >= 4 is 11.1 Å². The summed E-state index contributed by atoms with van der Waals surface area (Å²) in [7, 11) is 1.46. The number of allylic oxidation sites excluding steroid dienone is 2. The van der Waals surface area contributed by atoms with Crippen LogP contribution in [0.1, 0.15) is 48.8 Å². The number of hydrogen-bond donors (Lipinski definition) is 1. The van der Waals surface area contributed by atoms with Gasteiger partial charge in [0.1, 0.15) is 5.82 Å². The number of fused-ring (bicyclic) bond motifs is 1. The number of aliphatic hydroxyl groups is 1. The number of ether oxygens (including phenoxy) is 1. The van der Waals surface area contributed by atoms with Gasteiger partial charge in [-0.25, -0.2) is 8.78 Å². The summed E-state index contributed by atoms with van der Waals surface area (Å²) in [5.74, 6) is 5.96. The molecule has 0 spiro atoms. The third-order valence-corrected chi connectivity index (χ3v) is 4.94. The lowest BCUT2D eigenvalue weighted by molar-refractivity contribution is 0.285. The van der Waals surface area contributed by atoms with Crippen LogP contribution in [-0.2, 0) is 6.42 Å². The molecule has 0 aromatic heterocycles. The second kappa shape index (κ2) is 9.52. The molecule has 0 bridgehead atoms. The van der Waals surface area contributed by atoms with Gasteiger partial charge in [0.2, 0.25) is 0 Å². The Bertz CT molecular complexity index is 918. The van der Waals surface area contributed by atoms with E-state index in [1.165, 1.54) is 25.3 Å². The van der Waals surface area contributed by atoms with Crippen LogP contribution in [-0.4, -0.2) is 18.8 Å². The fourth-order valence-electron chi connectivity index (χ4n) is 3.49. The van der Waals surface area contributed by atoms with E-state index < -0.39 is 5.82 Å². The zero-order valence-corrected chi connectivity index (χ0v) is 16.0. The highest BCUT2D eigenvalue weighted by Crippen LogP contribution is 2.38. The Morgan fingerprint density at radius 1 is 1.07 bits per heavy atom. The molecule has 0 atom stereocenters. The number of benzene rings is 2. The largest absolute Gasteiger partial charge is 0.494 e. The lowest BCUT2D eigenvalue weighted by atomic mass is 9.92. The van der Waals surface area contributed by atoms with Crippen LogP contribution in [0, 0.1) is 23.5 Å². The molecular weight excluding hydrogens is 358 g/mol. The molecule has 2 nitrogen and oxygen atoms in total. The predicted molar refractivity (Wildman–Crippen MR) is 108 cm³/mol. The first-order valence-corrected chi connectivity index (χ1v) is 9.59. The molecule has 0 amide bonds. The number of aliphatic hydroxyl groups excluding tert-OH is 1. The molecule has 1 N–H and O–H groups in total. The fourth-order valence-corrected chi connectivity index (χ4v) is 3.49. The van der Waals surface area contributed by atoms with E-state index in [9.17, 15) is 8.78 Å². The van der Waals surface area contributed by atoms with Crippen LogP contribution < -0.4 is 4.74 Å². The summed E-state index contributed by atoms with van der Waals surface area (Å²) in [6.45, 7) is 0.152. The smallest absolute Gasteiger partial charge is 0.165 e. The Morgan fingerprint density at radius 2 is 1.86 bits per heavy atom. The third-order valence-electron chi connectivity index (χ3n) is 4.94. The van der Waals surface area contributed by atoms with Crippen molar-refractivity contribution in [2.24, 2.45) is 0 Å². The summed E-state index contributed by atoms with van der Waals surface area (Å²) in [6.07, 6.45) is 4.66. The normalized spacial score (nSPS) is 13.4. The van der Waals surface area contributed by atoms with Crippen LogP contribution in [0.4, 0.5) is 8.78 Å². The summed E-state index contributed by atoms with van der Waals surface area (Å²) in [5.41, 5.74) is 4.51. The van der Waals surface area contributed by atoms with Crippen molar-refractivity contribution in [2.45, 2.75) is 38.5 Å². The zero-order chi connectivity index (χ0) is 19.9. The maximum absolute atomic E-state index is 14.5. The maximum atomic E-state index is 14.5. The second-order valence-corrected chi connectivity index (χ2v) is 6.84. The van der Waals surface area contributed by atoms with Crippen molar-refractivity contribution in [3.8, 4) is 17.6 Å². The van der Waals surface area contributed by atoms with Gasteiger partial charge in [0.15, 0.2) is 11.6 Å². The summed E-state index contributed by atoms with van der Waals surface area (Å²) in [4.78, 5) is 0. The van der Waals surface area contributed by atoms with Gasteiger partial charge >= 0.3 is 0 Å². The Morgan fingerprint density at radius 3 is 2.57 bits per heavy atom. The van der Waals surface area contributed by atoms with E-state index in [0.717, 1.165) is 53.5 Å². The lowest BCUT2D eigenvalue weighted by Gasteiger charge is -2.13. The predicted octanol–water partition coefficient (Wildman–Crippen LogP) is 5.39. The van der Waals surface area contributed by atoms with Crippen LogP contribution in [0.25, 0.3) is 11.1 Å². The van der Waals surface area contributed by atoms with Crippen molar-refractivity contribution in [1.82, 2.24) is 0 Å². The van der Waals surface area contributed by atoms with Gasteiger partial charge in [0.25, 0.3) is 0 Å². The van der Waals surface area contributed by atoms with Gasteiger partial charge in [-0.3, -0.25) is 0 Å². The van der Waals surface area contributed by atoms with Crippen LogP contribution in [0.5, 0.6) is 5.75 Å². The van der Waals surface area contributed by atoms with Gasteiger partial charge in [0, 0.05) is 18.6 Å². The molecule has 2 aromatic rings. The van der Waals surface area contributed by atoms with Crippen LogP contribution in [0.15, 0.2) is 36.4 Å². The summed E-state index contributed by atoms with van der Waals surface area (Å²) in [6, 6.07) is 9.64. The van der Waals surface area contributed by atoms with E-state index >= 15 is 0 Å². The monoisotopic (exact) mass is 382 g/mol. The SMILES string of the molecule is COc1cc2c(cc1F)C(C#CCCCCO)=C(c1ccc(F)cc1)CCC2. The minimum absolute atomic E-state index is 0.152. The van der Waals surface area contributed by atoms with Gasteiger partial charge in [0.05, 0.1) is 7.11 Å². The molecule has 0 saturated heterocycles.